The van der Waals surface area contributed by atoms with Crippen LogP contribution in [0, 0.1) is 0 Å². The molecule has 0 aromatic carbocycles. The van der Waals surface area contributed by atoms with Crippen molar-refractivity contribution >= 4 is 5.97 Å². The van der Waals surface area contributed by atoms with Crippen molar-refractivity contribution in [1.29, 1.82) is 0 Å². The minimum absolute atomic E-state index is 0.155. The summed E-state index contributed by atoms with van der Waals surface area (Å²) in [5.41, 5.74) is 0. The first-order valence-corrected chi connectivity index (χ1v) is 4.62. The second-order valence-electron chi connectivity index (χ2n) is 3.16. The van der Waals surface area contributed by atoms with Crippen LogP contribution >= 0.6 is 0 Å². The summed E-state index contributed by atoms with van der Waals surface area (Å²) in [6.45, 7) is 6.12. The lowest BCUT2D eigenvalue weighted by Crippen LogP contribution is -2.43. The van der Waals surface area contributed by atoms with E-state index < -0.39 is 0 Å². The van der Waals surface area contributed by atoms with Gasteiger partial charge >= 0.3 is 11.8 Å². The Morgan fingerprint density at radius 1 is 1.64 bits per heavy atom. The van der Waals surface area contributed by atoms with Gasteiger partial charge < -0.3 is 4.74 Å². The fourth-order valence-electron chi connectivity index (χ4n) is 1.11. The van der Waals surface area contributed by atoms with Crippen molar-refractivity contribution in [2.24, 2.45) is 0 Å². The molecule has 0 aliphatic rings. The number of aromatic nitrogens is 4. The summed E-state index contributed by atoms with van der Waals surface area (Å²) in [7, 11) is 0. The van der Waals surface area contributed by atoms with Gasteiger partial charge in [0, 0.05) is 0 Å². The van der Waals surface area contributed by atoms with E-state index in [1.807, 2.05) is 13.8 Å². The number of H-pyrrole nitrogens is 1. The zero-order valence-electron chi connectivity index (χ0n) is 8.65. The lowest BCUT2D eigenvalue weighted by molar-refractivity contribution is -0.777. The molecule has 0 atom stereocenters. The second-order valence-corrected chi connectivity index (χ2v) is 3.16. The van der Waals surface area contributed by atoms with Crippen molar-refractivity contribution in [2.75, 3.05) is 6.61 Å². The van der Waals surface area contributed by atoms with E-state index in [1.165, 1.54) is 0 Å². The third kappa shape index (κ3) is 2.51. The summed E-state index contributed by atoms with van der Waals surface area (Å²) >= 11 is 0. The molecule has 6 nitrogen and oxygen atoms in total. The summed E-state index contributed by atoms with van der Waals surface area (Å²) in [4.78, 5) is 11.2. The highest BCUT2D eigenvalue weighted by atomic mass is 16.5. The molecule has 0 fully saturated rings. The predicted octanol–water partition coefficient (Wildman–Crippen LogP) is -0.221. The maximum atomic E-state index is 11.2. The molecule has 0 spiro atoms. The van der Waals surface area contributed by atoms with Crippen LogP contribution in [0.1, 0.15) is 32.6 Å². The summed E-state index contributed by atoms with van der Waals surface area (Å²) < 4.78 is 6.55. The third-order valence-electron chi connectivity index (χ3n) is 1.72. The van der Waals surface area contributed by atoms with Gasteiger partial charge in [-0.15, -0.1) is 0 Å². The Bertz CT molecular complexity index is 308. The topological polar surface area (TPSA) is 71.8 Å². The van der Waals surface area contributed by atoms with Crippen molar-refractivity contribution in [2.45, 2.75) is 33.2 Å². The van der Waals surface area contributed by atoms with Gasteiger partial charge in [0.15, 0.2) is 5.21 Å². The van der Waals surface area contributed by atoms with Crippen LogP contribution in [-0.2, 0) is 16.0 Å². The standard InChI is InChI=1S/C8H14N4O2/c1-4-14-8(13)5-7-9-10-11-12(7)6(2)3/h6H,4-5H2,1-3H3/p+1. The number of hydrogen-bond donors (Lipinski definition) is 1. The number of ether oxygens (including phenoxy) is 1. The molecule has 0 bridgehead atoms. The number of carbonyl (C=O) groups excluding carboxylic acids is 1. The van der Waals surface area contributed by atoms with Crippen molar-refractivity contribution in [3.8, 4) is 0 Å². The van der Waals surface area contributed by atoms with E-state index in [1.54, 1.807) is 11.6 Å². The number of tetrazole rings is 1. The van der Waals surface area contributed by atoms with Crippen molar-refractivity contribution in [3.63, 3.8) is 0 Å². The van der Waals surface area contributed by atoms with Gasteiger partial charge in [0.2, 0.25) is 0 Å². The molecule has 0 amide bonds. The van der Waals surface area contributed by atoms with Crippen LogP contribution in [0.25, 0.3) is 0 Å². The maximum absolute atomic E-state index is 11.2. The molecular formula is C8H15N4O2+. The number of aromatic amines is 1. The molecule has 0 aliphatic carbocycles. The molecule has 1 rings (SSSR count). The SMILES string of the molecule is CCOC(=O)Cc1nn[nH][n+]1C(C)C. The van der Waals surface area contributed by atoms with Gasteiger partial charge in [0.25, 0.3) is 0 Å². The second kappa shape index (κ2) is 4.69. The molecule has 14 heavy (non-hydrogen) atoms. The molecule has 0 radical (unpaired) electrons. The Morgan fingerprint density at radius 3 is 2.93 bits per heavy atom. The fourth-order valence-corrected chi connectivity index (χ4v) is 1.11. The van der Waals surface area contributed by atoms with Gasteiger partial charge in [-0.1, -0.05) is 5.21 Å². The highest BCUT2D eigenvalue weighted by Crippen LogP contribution is 1.94. The van der Waals surface area contributed by atoms with Crippen LogP contribution in [0.15, 0.2) is 0 Å². The van der Waals surface area contributed by atoms with Gasteiger partial charge in [-0.05, 0) is 20.8 Å². The molecule has 1 aromatic rings. The normalized spacial score (nSPS) is 10.6. The zero-order chi connectivity index (χ0) is 10.6. The van der Waals surface area contributed by atoms with Crippen LogP contribution in [0.2, 0.25) is 0 Å². The average Bonchev–Trinajstić information content (AvgIpc) is 2.52. The van der Waals surface area contributed by atoms with E-state index in [2.05, 4.69) is 15.5 Å². The summed E-state index contributed by atoms with van der Waals surface area (Å²) in [6.07, 6.45) is 0.155. The molecule has 6 heteroatoms. The van der Waals surface area contributed by atoms with Crippen LogP contribution in [0.4, 0.5) is 0 Å². The monoisotopic (exact) mass is 199 g/mol. The molecule has 0 saturated heterocycles. The highest BCUT2D eigenvalue weighted by molar-refractivity contribution is 5.71. The van der Waals surface area contributed by atoms with E-state index in [0.29, 0.717) is 12.4 Å². The van der Waals surface area contributed by atoms with Crippen LogP contribution in [0.5, 0.6) is 0 Å². The Labute approximate surface area is 82.2 Å². The van der Waals surface area contributed by atoms with E-state index in [0.717, 1.165) is 0 Å². The van der Waals surface area contributed by atoms with Crippen molar-refractivity contribution in [1.82, 2.24) is 15.5 Å². The molecule has 0 saturated carbocycles. The lowest BCUT2D eigenvalue weighted by Gasteiger charge is -2.01. The molecule has 1 heterocycles. The van der Waals surface area contributed by atoms with Gasteiger partial charge in [-0.2, -0.15) is 4.68 Å². The van der Waals surface area contributed by atoms with E-state index in [9.17, 15) is 4.79 Å². The summed E-state index contributed by atoms with van der Waals surface area (Å²) in [5, 5.41) is 10.2. The molecular weight excluding hydrogens is 184 g/mol. The smallest absolute Gasteiger partial charge is 0.316 e. The Morgan fingerprint density at radius 2 is 2.36 bits per heavy atom. The number of rotatable bonds is 4. The molecule has 78 valence electrons. The first-order valence-electron chi connectivity index (χ1n) is 4.62. The van der Waals surface area contributed by atoms with Crippen molar-refractivity contribution < 1.29 is 14.2 Å². The highest BCUT2D eigenvalue weighted by Gasteiger charge is 2.20. The lowest BCUT2D eigenvalue weighted by atomic mass is 10.3. The molecule has 0 aliphatic heterocycles. The maximum Gasteiger partial charge on any atom is 0.316 e. The molecule has 1 N–H and O–H groups in total. The molecule has 0 unspecified atom stereocenters. The number of nitrogens with one attached hydrogen (secondary N) is 1. The largest absolute Gasteiger partial charge is 0.466 e. The minimum Gasteiger partial charge on any atom is -0.466 e. The van der Waals surface area contributed by atoms with Gasteiger partial charge in [-0.3, -0.25) is 4.79 Å². The first-order chi connectivity index (χ1) is 6.65. The molecule has 1 aromatic heterocycles. The Hall–Kier alpha value is -1.46. The van der Waals surface area contributed by atoms with Gasteiger partial charge in [0.05, 0.1) is 12.6 Å². The minimum atomic E-state index is -0.282. The predicted molar refractivity (Wildman–Crippen MR) is 47.3 cm³/mol. The average molecular weight is 199 g/mol. The first kappa shape index (κ1) is 10.6. The quantitative estimate of drug-likeness (QED) is 0.537. The summed E-state index contributed by atoms with van der Waals surface area (Å²) in [5.74, 6) is 0.314. The number of nitrogens with zero attached hydrogens (tertiary/aromatic N) is 3. The van der Waals surface area contributed by atoms with Gasteiger partial charge in [0.1, 0.15) is 11.5 Å². The number of carbonyl (C=O) groups is 1. The summed E-state index contributed by atoms with van der Waals surface area (Å²) in [6, 6.07) is 0.203. The van der Waals surface area contributed by atoms with Crippen LogP contribution in [-0.4, -0.2) is 28.1 Å². The van der Waals surface area contributed by atoms with Crippen LogP contribution < -0.4 is 4.68 Å². The number of hydrogen-bond acceptors (Lipinski definition) is 4. The van der Waals surface area contributed by atoms with E-state index in [-0.39, 0.29) is 18.4 Å². The Kier molecular flexibility index (Phi) is 3.55. The van der Waals surface area contributed by atoms with E-state index in [4.69, 9.17) is 4.74 Å². The van der Waals surface area contributed by atoms with Crippen LogP contribution in [0.3, 0.4) is 0 Å². The van der Waals surface area contributed by atoms with Gasteiger partial charge in [-0.25, -0.2) is 0 Å². The van der Waals surface area contributed by atoms with Crippen molar-refractivity contribution in [3.05, 3.63) is 5.82 Å². The van der Waals surface area contributed by atoms with E-state index >= 15 is 0 Å². The zero-order valence-corrected chi connectivity index (χ0v) is 8.65. The fraction of sp³-hybridized carbons (Fsp3) is 0.750. The Balaban J connectivity index is 2.66. The third-order valence-corrected chi connectivity index (χ3v) is 1.72. The number of esters is 1.